The summed E-state index contributed by atoms with van der Waals surface area (Å²) in [6.45, 7) is 0.410. The maximum atomic E-state index is 11.3. The van der Waals surface area contributed by atoms with Gasteiger partial charge in [0.25, 0.3) is 0 Å². The molecule has 1 aromatic heterocycles. The smallest absolute Gasteiger partial charge is 0.339 e. The first-order valence-corrected chi connectivity index (χ1v) is 7.19. The number of hydrogen-bond acceptors (Lipinski definition) is 4. The molecule has 19 heavy (non-hydrogen) atoms. The lowest BCUT2D eigenvalue weighted by Crippen LogP contribution is -2.37. The molecule has 0 spiro atoms. The number of aromatic carboxylic acids is 1. The minimum Gasteiger partial charge on any atom is -0.478 e. The Morgan fingerprint density at radius 1 is 1.47 bits per heavy atom. The van der Waals surface area contributed by atoms with Gasteiger partial charge in [0.1, 0.15) is 11.4 Å². The fourth-order valence-corrected chi connectivity index (χ4v) is 2.93. The van der Waals surface area contributed by atoms with Crippen LogP contribution in [0.25, 0.3) is 0 Å². The molecular formula is C13H17BrN2O3. The van der Waals surface area contributed by atoms with Gasteiger partial charge in [-0.1, -0.05) is 12.8 Å². The van der Waals surface area contributed by atoms with E-state index in [1.807, 2.05) is 4.90 Å². The maximum Gasteiger partial charge on any atom is 0.339 e. The minimum absolute atomic E-state index is 0.00664. The molecule has 1 aliphatic rings. The Hall–Kier alpha value is -1.14. The number of hydrogen-bond donors (Lipinski definition) is 2. The van der Waals surface area contributed by atoms with E-state index in [4.69, 9.17) is 0 Å². The van der Waals surface area contributed by atoms with Crippen LogP contribution in [0.2, 0.25) is 0 Å². The van der Waals surface area contributed by atoms with E-state index < -0.39 is 5.97 Å². The molecule has 104 valence electrons. The Morgan fingerprint density at radius 3 is 2.74 bits per heavy atom. The monoisotopic (exact) mass is 328 g/mol. The van der Waals surface area contributed by atoms with Gasteiger partial charge in [-0.05, 0) is 34.8 Å². The van der Waals surface area contributed by atoms with E-state index in [2.05, 4.69) is 20.9 Å². The van der Waals surface area contributed by atoms with Gasteiger partial charge in [0, 0.05) is 23.3 Å². The summed E-state index contributed by atoms with van der Waals surface area (Å²) in [4.78, 5) is 17.5. The van der Waals surface area contributed by atoms with Crippen molar-refractivity contribution in [1.29, 1.82) is 0 Å². The van der Waals surface area contributed by atoms with E-state index in [0.717, 1.165) is 25.7 Å². The summed E-state index contributed by atoms with van der Waals surface area (Å²) >= 11 is 3.24. The van der Waals surface area contributed by atoms with Crippen molar-refractivity contribution in [3.63, 3.8) is 0 Å². The van der Waals surface area contributed by atoms with Crippen LogP contribution in [0.5, 0.6) is 0 Å². The van der Waals surface area contributed by atoms with E-state index in [9.17, 15) is 15.0 Å². The molecule has 1 heterocycles. The molecule has 0 radical (unpaired) electrons. The zero-order valence-corrected chi connectivity index (χ0v) is 12.1. The van der Waals surface area contributed by atoms with Crippen LogP contribution in [0.4, 0.5) is 5.82 Å². The largest absolute Gasteiger partial charge is 0.478 e. The third-order valence-electron chi connectivity index (χ3n) is 3.44. The van der Waals surface area contributed by atoms with Gasteiger partial charge in [0.2, 0.25) is 0 Å². The molecule has 0 atom stereocenters. The number of rotatable bonds is 5. The SMILES string of the molecule is O=C(O)c1cc(Br)cnc1N(CCO)C1CCCC1. The van der Waals surface area contributed by atoms with Gasteiger partial charge < -0.3 is 15.1 Å². The van der Waals surface area contributed by atoms with Crippen LogP contribution in [0, 0.1) is 0 Å². The molecule has 0 unspecified atom stereocenters. The summed E-state index contributed by atoms with van der Waals surface area (Å²) in [5.41, 5.74) is 0.176. The van der Waals surface area contributed by atoms with Gasteiger partial charge >= 0.3 is 5.97 Å². The van der Waals surface area contributed by atoms with Crippen molar-refractivity contribution in [3.8, 4) is 0 Å². The Balaban J connectivity index is 2.37. The van der Waals surface area contributed by atoms with Crippen molar-refractivity contribution in [2.24, 2.45) is 0 Å². The van der Waals surface area contributed by atoms with Crippen LogP contribution < -0.4 is 4.90 Å². The average molecular weight is 329 g/mol. The number of aromatic nitrogens is 1. The van der Waals surface area contributed by atoms with Crippen LogP contribution >= 0.6 is 15.9 Å². The molecule has 0 bridgehead atoms. The first kappa shape index (κ1) is 14.3. The first-order valence-electron chi connectivity index (χ1n) is 6.40. The Labute approximate surface area is 120 Å². The van der Waals surface area contributed by atoms with Crippen LogP contribution in [0.3, 0.4) is 0 Å². The fourth-order valence-electron chi connectivity index (χ4n) is 2.60. The maximum absolute atomic E-state index is 11.3. The van der Waals surface area contributed by atoms with Gasteiger partial charge in [-0.2, -0.15) is 0 Å². The highest BCUT2D eigenvalue weighted by Gasteiger charge is 2.26. The Bertz CT molecular complexity index is 461. The molecule has 1 aromatic rings. The van der Waals surface area contributed by atoms with Crippen molar-refractivity contribution in [2.75, 3.05) is 18.1 Å². The predicted molar refractivity (Wildman–Crippen MR) is 75.6 cm³/mol. The lowest BCUT2D eigenvalue weighted by molar-refractivity contribution is 0.0697. The van der Waals surface area contributed by atoms with Crippen LogP contribution in [-0.2, 0) is 0 Å². The first-order chi connectivity index (χ1) is 9.13. The fraction of sp³-hybridized carbons (Fsp3) is 0.538. The summed E-state index contributed by atoms with van der Waals surface area (Å²) in [7, 11) is 0. The summed E-state index contributed by atoms with van der Waals surface area (Å²) in [5.74, 6) is -0.540. The Kier molecular flexibility index (Phi) is 4.76. The second-order valence-electron chi connectivity index (χ2n) is 4.69. The van der Waals surface area contributed by atoms with Gasteiger partial charge in [0.15, 0.2) is 0 Å². The lowest BCUT2D eigenvalue weighted by Gasteiger charge is -2.30. The standard InChI is InChI=1S/C13H17BrN2O3/c14-9-7-11(13(18)19)12(15-8-9)16(5-6-17)10-3-1-2-4-10/h7-8,10,17H,1-6H2,(H,18,19). The normalized spacial score (nSPS) is 15.7. The van der Waals surface area contributed by atoms with Crippen molar-refractivity contribution < 1.29 is 15.0 Å². The number of aliphatic hydroxyl groups is 1. The zero-order chi connectivity index (χ0) is 13.8. The van der Waals surface area contributed by atoms with Crippen molar-refractivity contribution in [2.45, 2.75) is 31.7 Å². The molecule has 2 rings (SSSR count). The van der Waals surface area contributed by atoms with E-state index in [1.54, 1.807) is 12.3 Å². The number of carboxylic acids is 1. The highest BCUT2D eigenvalue weighted by molar-refractivity contribution is 9.10. The van der Waals surface area contributed by atoms with Crippen LogP contribution in [-0.4, -0.2) is 40.4 Å². The second kappa shape index (κ2) is 6.34. The van der Waals surface area contributed by atoms with Gasteiger partial charge in [-0.3, -0.25) is 0 Å². The molecule has 0 saturated heterocycles. The number of carboxylic acid groups (broad SMARTS) is 1. The third kappa shape index (κ3) is 3.25. The number of nitrogens with zero attached hydrogens (tertiary/aromatic N) is 2. The molecule has 1 fully saturated rings. The van der Waals surface area contributed by atoms with E-state index in [1.165, 1.54) is 0 Å². The van der Waals surface area contributed by atoms with Crippen LogP contribution in [0.15, 0.2) is 16.7 Å². The van der Waals surface area contributed by atoms with Crippen molar-refractivity contribution in [3.05, 3.63) is 22.3 Å². The number of carbonyl (C=O) groups is 1. The molecule has 0 aromatic carbocycles. The molecule has 1 aliphatic carbocycles. The molecule has 6 heteroatoms. The van der Waals surface area contributed by atoms with Crippen LogP contribution in [0.1, 0.15) is 36.0 Å². The van der Waals surface area contributed by atoms with Crippen molar-refractivity contribution in [1.82, 2.24) is 4.98 Å². The van der Waals surface area contributed by atoms with E-state index >= 15 is 0 Å². The van der Waals surface area contributed by atoms with E-state index in [-0.39, 0.29) is 18.2 Å². The van der Waals surface area contributed by atoms with Gasteiger partial charge in [0.05, 0.1) is 6.61 Å². The molecule has 1 saturated carbocycles. The summed E-state index contributed by atoms with van der Waals surface area (Å²) < 4.78 is 0.643. The zero-order valence-electron chi connectivity index (χ0n) is 10.5. The van der Waals surface area contributed by atoms with E-state index in [0.29, 0.717) is 16.8 Å². The molecule has 0 amide bonds. The molecule has 5 nitrogen and oxygen atoms in total. The Morgan fingerprint density at radius 2 is 2.16 bits per heavy atom. The van der Waals surface area contributed by atoms with Gasteiger partial charge in [-0.15, -0.1) is 0 Å². The van der Waals surface area contributed by atoms with Gasteiger partial charge in [-0.25, -0.2) is 9.78 Å². The summed E-state index contributed by atoms with van der Waals surface area (Å²) in [5, 5.41) is 18.5. The quantitative estimate of drug-likeness (QED) is 0.867. The third-order valence-corrected chi connectivity index (χ3v) is 3.88. The number of anilines is 1. The molecule has 0 aliphatic heterocycles. The second-order valence-corrected chi connectivity index (χ2v) is 5.60. The highest BCUT2D eigenvalue weighted by Crippen LogP contribution is 2.30. The summed E-state index contributed by atoms with van der Waals surface area (Å²) in [6.07, 6.45) is 5.94. The highest BCUT2D eigenvalue weighted by atomic mass is 79.9. The molecule has 2 N–H and O–H groups in total. The topological polar surface area (TPSA) is 73.7 Å². The number of pyridine rings is 1. The number of halogens is 1. The predicted octanol–water partition coefficient (Wildman–Crippen LogP) is 2.28. The van der Waals surface area contributed by atoms with Crippen molar-refractivity contribution >= 4 is 27.7 Å². The minimum atomic E-state index is -0.996. The number of aliphatic hydroxyl groups excluding tert-OH is 1. The average Bonchev–Trinajstić information content (AvgIpc) is 2.90. The summed E-state index contributed by atoms with van der Waals surface area (Å²) in [6, 6.07) is 1.84. The lowest BCUT2D eigenvalue weighted by atomic mass is 10.1. The molecular weight excluding hydrogens is 312 g/mol.